The van der Waals surface area contributed by atoms with Crippen LogP contribution in [0.15, 0.2) is 28.7 Å². The lowest BCUT2D eigenvalue weighted by Gasteiger charge is -2.21. The van der Waals surface area contributed by atoms with Crippen LogP contribution in [0.3, 0.4) is 0 Å². The molecular formula is C14H18ClNO2. The Morgan fingerprint density at radius 3 is 2.83 bits per heavy atom. The molecule has 0 aliphatic rings. The van der Waals surface area contributed by atoms with Crippen molar-refractivity contribution in [3.63, 3.8) is 0 Å². The molecule has 0 radical (unpaired) electrons. The highest BCUT2D eigenvalue weighted by atomic mass is 35.5. The maximum absolute atomic E-state index is 5.98. The van der Waals surface area contributed by atoms with Crippen molar-refractivity contribution in [2.24, 2.45) is 0 Å². The van der Waals surface area contributed by atoms with E-state index in [4.69, 9.17) is 20.8 Å². The maximum atomic E-state index is 5.98. The van der Waals surface area contributed by atoms with Crippen molar-refractivity contribution in [1.29, 1.82) is 0 Å². The van der Waals surface area contributed by atoms with E-state index in [0.29, 0.717) is 0 Å². The molecule has 4 heteroatoms. The maximum Gasteiger partial charge on any atom is 0.134 e. The number of furan rings is 1. The molecule has 98 valence electrons. The average molecular weight is 268 g/mol. The molecule has 1 aromatic carbocycles. The molecule has 18 heavy (non-hydrogen) atoms. The number of nitrogens with one attached hydrogen (secondary N) is 1. The van der Waals surface area contributed by atoms with Gasteiger partial charge in [0.05, 0.1) is 12.1 Å². The minimum Gasteiger partial charge on any atom is -0.459 e. The Balaban J connectivity index is 2.38. The third kappa shape index (κ3) is 2.69. The van der Waals surface area contributed by atoms with E-state index in [9.17, 15) is 0 Å². The van der Waals surface area contributed by atoms with Crippen molar-refractivity contribution >= 4 is 22.6 Å². The molecule has 2 rings (SSSR count). The number of benzene rings is 1. The molecule has 2 unspecified atom stereocenters. The smallest absolute Gasteiger partial charge is 0.134 e. The topological polar surface area (TPSA) is 34.4 Å². The summed E-state index contributed by atoms with van der Waals surface area (Å²) in [5.74, 6) is 0.878. The summed E-state index contributed by atoms with van der Waals surface area (Å²) in [5.41, 5.74) is 0.848. The lowest BCUT2D eigenvalue weighted by molar-refractivity contribution is 0.0766. The zero-order valence-corrected chi connectivity index (χ0v) is 11.6. The normalized spacial score (nSPS) is 14.9. The fourth-order valence-electron chi connectivity index (χ4n) is 2.04. The van der Waals surface area contributed by atoms with Crippen molar-refractivity contribution in [3.05, 3.63) is 35.0 Å². The molecule has 1 aromatic heterocycles. The number of hydrogen-bond donors (Lipinski definition) is 1. The van der Waals surface area contributed by atoms with Crippen LogP contribution < -0.4 is 5.32 Å². The molecule has 0 bridgehead atoms. The number of likely N-dealkylation sites (N-methyl/N-ethyl adjacent to an activating group) is 1. The number of fused-ring (bicyclic) bond motifs is 1. The first-order chi connectivity index (χ1) is 8.65. The lowest BCUT2D eigenvalue weighted by atomic mass is 10.1. The third-order valence-corrected chi connectivity index (χ3v) is 3.30. The van der Waals surface area contributed by atoms with Gasteiger partial charge in [-0.3, -0.25) is 0 Å². The summed E-state index contributed by atoms with van der Waals surface area (Å²) in [6.45, 7) is 4.94. The number of rotatable bonds is 5. The molecule has 0 aliphatic heterocycles. The van der Waals surface area contributed by atoms with Gasteiger partial charge in [0, 0.05) is 17.5 Å². The fraction of sp³-hybridized carbons (Fsp3) is 0.429. The van der Waals surface area contributed by atoms with E-state index >= 15 is 0 Å². The lowest BCUT2D eigenvalue weighted by Crippen LogP contribution is -2.30. The Hall–Kier alpha value is -1.03. The zero-order valence-electron chi connectivity index (χ0n) is 10.9. The van der Waals surface area contributed by atoms with Gasteiger partial charge in [-0.15, -0.1) is 0 Å². The fourth-order valence-corrected chi connectivity index (χ4v) is 2.22. The third-order valence-electron chi connectivity index (χ3n) is 3.07. The van der Waals surface area contributed by atoms with Gasteiger partial charge >= 0.3 is 0 Å². The predicted octanol–water partition coefficient (Wildman–Crippen LogP) is 3.77. The predicted molar refractivity (Wildman–Crippen MR) is 74.1 cm³/mol. The van der Waals surface area contributed by atoms with Crippen LogP contribution in [0, 0.1) is 0 Å². The number of hydrogen-bond acceptors (Lipinski definition) is 3. The number of halogens is 1. The van der Waals surface area contributed by atoms with Crippen molar-refractivity contribution in [2.45, 2.75) is 26.0 Å². The van der Waals surface area contributed by atoms with Gasteiger partial charge in [0.15, 0.2) is 0 Å². The SMILES string of the molecule is CCNC(c1cc2cc(Cl)ccc2o1)C(C)OC. The van der Waals surface area contributed by atoms with Crippen LogP contribution in [0.4, 0.5) is 0 Å². The first-order valence-corrected chi connectivity index (χ1v) is 6.48. The van der Waals surface area contributed by atoms with Crippen LogP contribution in [0.1, 0.15) is 25.6 Å². The summed E-state index contributed by atoms with van der Waals surface area (Å²) >= 11 is 5.98. The van der Waals surface area contributed by atoms with E-state index in [1.807, 2.05) is 31.2 Å². The molecule has 0 saturated heterocycles. The molecule has 0 aliphatic carbocycles. The summed E-state index contributed by atoms with van der Waals surface area (Å²) in [5, 5.41) is 5.11. The highest BCUT2D eigenvalue weighted by Crippen LogP contribution is 2.28. The van der Waals surface area contributed by atoms with Gasteiger partial charge in [-0.2, -0.15) is 0 Å². The molecule has 0 saturated carbocycles. The standard InChI is InChI=1S/C14H18ClNO2/c1-4-16-14(9(2)17-3)13-8-10-7-11(15)5-6-12(10)18-13/h5-9,14,16H,4H2,1-3H3. The average Bonchev–Trinajstić information content (AvgIpc) is 2.77. The first kappa shape index (κ1) is 13.4. The van der Waals surface area contributed by atoms with E-state index in [1.165, 1.54) is 0 Å². The van der Waals surface area contributed by atoms with Gasteiger partial charge in [0.1, 0.15) is 11.3 Å². The second-order valence-corrected chi connectivity index (χ2v) is 4.74. The molecule has 3 nitrogen and oxygen atoms in total. The van der Waals surface area contributed by atoms with Gasteiger partial charge < -0.3 is 14.5 Å². The van der Waals surface area contributed by atoms with Crippen LogP contribution >= 0.6 is 11.6 Å². The summed E-state index contributed by atoms with van der Waals surface area (Å²) in [6, 6.07) is 7.70. The number of methoxy groups -OCH3 is 1. The molecule has 0 spiro atoms. The second kappa shape index (κ2) is 5.74. The van der Waals surface area contributed by atoms with Gasteiger partial charge in [0.2, 0.25) is 0 Å². The van der Waals surface area contributed by atoms with Gasteiger partial charge in [-0.1, -0.05) is 18.5 Å². The zero-order chi connectivity index (χ0) is 13.1. The Labute approximate surface area is 112 Å². The Morgan fingerprint density at radius 2 is 2.17 bits per heavy atom. The summed E-state index contributed by atoms with van der Waals surface area (Å²) in [6.07, 6.45) is 0.0426. The Morgan fingerprint density at radius 1 is 1.39 bits per heavy atom. The molecule has 0 amide bonds. The highest BCUT2D eigenvalue weighted by Gasteiger charge is 2.21. The van der Waals surface area contributed by atoms with Gasteiger partial charge in [-0.05, 0) is 37.7 Å². The van der Waals surface area contributed by atoms with Gasteiger partial charge in [0.25, 0.3) is 0 Å². The monoisotopic (exact) mass is 267 g/mol. The van der Waals surface area contributed by atoms with E-state index in [0.717, 1.165) is 28.3 Å². The van der Waals surface area contributed by atoms with Crippen LogP contribution in [0.5, 0.6) is 0 Å². The largest absolute Gasteiger partial charge is 0.459 e. The second-order valence-electron chi connectivity index (χ2n) is 4.31. The molecule has 0 fully saturated rings. The number of ether oxygens (including phenoxy) is 1. The molecule has 2 atom stereocenters. The van der Waals surface area contributed by atoms with Crippen LogP contribution in [0.25, 0.3) is 11.0 Å². The van der Waals surface area contributed by atoms with Crippen molar-refractivity contribution < 1.29 is 9.15 Å². The van der Waals surface area contributed by atoms with Crippen molar-refractivity contribution in [1.82, 2.24) is 5.32 Å². The Bertz CT molecular complexity index is 523. The summed E-state index contributed by atoms with van der Waals surface area (Å²) < 4.78 is 11.2. The first-order valence-electron chi connectivity index (χ1n) is 6.11. The Kier molecular flexibility index (Phi) is 4.27. The summed E-state index contributed by atoms with van der Waals surface area (Å²) in [4.78, 5) is 0. The minimum atomic E-state index is 0.0426. The van der Waals surface area contributed by atoms with Crippen LogP contribution in [-0.4, -0.2) is 19.8 Å². The molecule has 1 heterocycles. The van der Waals surface area contributed by atoms with Crippen LogP contribution in [-0.2, 0) is 4.74 Å². The van der Waals surface area contributed by atoms with Crippen LogP contribution in [0.2, 0.25) is 5.02 Å². The van der Waals surface area contributed by atoms with Gasteiger partial charge in [-0.25, -0.2) is 0 Å². The van der Waals surface area contributed by atoms with E-state index in [2.05, 4.69) is 12.2 Å². The molecule has 2 aromatic rings. The summed E-state index contributed by atoms with van der Waals surface area (Å²) in [7, 11) is 1.70. The quantitative estimate of drug-likeness (QED) is 0.895. The van der Waals surface area contributed by atoms with E-state index in [-0.39, 0.29) is 12.1 Å². The highest BCUT2D eigenvalue weighted by molar-refractivity contribution is 6.31. The van der Waals surface area contributed by atoms with Crippen molar-refractivity contribution in [3.8, 4) is 0 Å². The molecule has 1 N–H and O–H groups in total. The minimum absolute atomic E-state index is 0.0426. The van der Waals surface area contributed by atoms with Crippen molar-refractivity contribution in [2.75, 3.05) is 13.7 Å². The molecular weight excluding hydrogens is 250 g/mol. The van der Waals surface area contributed by atoms with E-state index < -0.39 is 0 Å². The van der Waals surface area contributed by atoms with E-state index in [1.54, 1.807) is 7.11 Å².